The van der Waals surface area contributed by atoms with Crippen LogP contribution in [0.3, 0.4) is 0 Å². The first-order chi connectivity index (χ1) is 3.39. The zero-order chi connectivity index (χ0) is 5.11. The van der Waals surface area contributed by atoms with E-state index in [9.17, 15) is 0 Å². The Bertz CT molecular complexity index is 76.5. The summed E-state index contributed by atoms with van der Waals surface area (Å²) < 4.78 is 4.98. The van der Waals surface area contributed by atoms with Gasteiger partial charge in [0, 0.05) is 6.54 Å². The van der Waals surface area contributed by atoms with Gasteiger partial charge in [-0.3, -0.25) is 0 Å². The molecule has 0 aromatic rings. The topological polar surface area (TPSA) is 21.3 Å². The molecular weight excluding hydrogens is 122 g/mol. The van der Waals surface area contributed by atoms with Gasteiger partial charge in [0.2, 0.25) is 0 Å². The summed E-state index contributed by atoms with van der Waals surface area (Å²) in [7, 11) is 0. The fourth-order valence-corrected chi connectivity index (χ4v) is 0.664. The molecule has 0 aliphatic carbocycles. The van der Waals surface area contributed by atoms with Gasteiger partial charge in [0.15, 0.2) is 0 Å². The van der Waals surface area contributed by atoms with Crippen molar-refractivity contribution in [1.82, 2.24) is 5.32 Å². The number of nitrogens with one attached hydrogen (secondary N) is 1. The third kappa shape index (κ3) is 2.23. The molecular formula is C5H11NOS. The van der Waals surface area contributed by atoms with Crippen molar-refractivity contribution in [3.63, 3.8) is 0 Å². The molecule has 48 valence electrons. The molecule has 1 fully saturated rings. The summed E-state index contributed by atoms with van der Waals surface area (Å²) >= 11 is 4.77. The zero-order valence-corrected chi connectivity index (χ0v) is 4.75. The minimum absolute atomic E-state index is 0. The van der Waals surface area contributed by atoms with Crippen LogP contribution < -0.4 is 5.32 Å². The second kappa shape index (κ2) is 3.80. The van der Waals surface area contributed by atoms with E-state index in [1.165, 1.54) is 0 Å². The van der Waals surface area contributed by atoms with Crippen molar-refractivity contribution in [2.45, 2.75) is 7.43 Å². The number of rotatable bonds is 0. The van der Waals surface area contributed by atoms with Gasteiger partial charge in [-0.15, -0.1) is 0 Å². The normalized spacial score (nSPS) is 18.8. The number of morpholine rings is 1. The summed E-state index contributed by atoms with van der Waals surface area (Å²) in [6.45, 7) is 2.27. The summed E-state index contributed by atoms with van der Waals surface area (Å²) in [6, 6.07) is 0. The molecule has 0 atom stereocenters. The second-order valence-corrected chi connectivity index (χ2v) is 1.90. The lowest BCUT2D eigenvalue weighted by atomic mass is 10.5. The van der Waals surface area contributed by atoms with E-state index in [2.05, 4.69) is 5.32 Å². The SMILES string of the molecule is C.S=C1COCCN1. The van der Waals surface area contributed by atoms with Crippen LogP contribution in [-0.2, 0) is 4.74 Å². The van der Waals surface area contributed by atoms with Crippen LogP contribution in [-0.4, -0.2) is 24.7 Å². The fourth-order valence-electron chi connectivity index (χ4n) is 0.479. The van der Waals surface area contributed by atoms with E-state index >= 15 is 0 Å². The van der Waals surface area contributed by atoms with Gasteiger partial charge >= 0.3 is 0 Å². The van der Waals surface area contributed by atoms with Gasteiger partial charge in [-0.05, 0) is 0 Å². The van der Waals surface area contributed by atoms with Crippen LogP contribution in [0.5, 0.6) is 0 Å². The first kappa shape index (κ1) is 7.85. The predicted molar refractivity (Wildman–Crippen MR) is 38.2 cm³/mol. The average molecular weight is 133 g/mol. The van der Waals surface area contributed by atoms with Crippen molar-refractivity contribution in [1.29, 1.82) is 0 Å². The molecule has 2 nitrogen and oxygen atoms in total. The molecule has 0 unspecified atom stereocenters. The van der Waals surface area contributed by atoms with Crippen LogP contribution in [0, 0.1) is 0 Å². The Morgan fingerprint density at radius 3 is 2.62 bits per heavy atom. The van der Waals surface area contributed by atoms with Crippen molar-refractivity contribution >= 4 is 17.2 Å². The van der Waals surface area contributed by atoms with Gasteiger partial charge < -0.3 is 10.1 Å². The van der Waals surface area contributed by atoms with Gasteiger partial charge in [-0.1, -0.05) is 19.6 Å². The maximum absolute atomic E-state index is 4.98. The Balaban J connectivity index is 0.000000490. The van der Waals surface area contributed by atoms with Gasteiger partial charge in [-0.25, -0.2) is 0 Å². The van der Waals surface area contributed by atoms with E-state index in [1.54, 1.807) is 0 Å². The highest BCUT2D eigenvalue weighted by Crippen LogP contribution is 1.82. The van der Waals surface area contributed by atoms with Crippen LogP contribution in [0.1, 0.15) is 7.43 Å². The molecule has 0 spiro atoms. The fraction of sp³-hybridized carbons (Fsp3) is 0.800. The van der Waals surface area contributed by atoms with Crippen molar-refractivity contribution in [2.75, 3.05) is 19.8 Å². The predicted octanol–water partition coefficient (Wildman–Crippen LogP) is 0.570. The molecule has 0 saturated carbocycles. The van der Waals surface area contributed by atoms with Gasteiger partial charge in [0.1, 0.15) is 4.99 Å². The lowest BCUT2D eigenvalue weighted by Gasteiger charge is -2.13. The molecule has 1 aliphatic rings. The summed E-state index contributed by atoms with van der Waals surface area (Å²) in [4.78, 5) is 0.825. The first-order valence-electron chi connectivity index (χ1n) is 2.24. The van der Waals surface area contributed by atoms with Crippen molar-refractivity contribution in [3.8, 4) is 0 Å². The highest BCUT2D eigenvalue weighted by Gasteiger charge is 2.00. The molecule has 1 N–H and O–H groups in total. The third-order valence-corrected chi connectivity index (χ3v) is 1.06. The van der Waals surface area contributed by atoms with E-state index < -0.39 is 0 Å². The van der Waals surface area contributed by atoms with Crippen LogP contribution in [0.4, 0.5) is 0 Å². The molecule has 0 aromatic carbocycles. The number of hydrogen-bond acceptors (Lipinski definition) is 2. The summed E-state index contributed by atoms with van der Waals surface area (Å²) in [5.41, 5.74) is 0. The lowest BCUT2D eigenvalue weighted by Crippen LogP contribution is -2.35. The van der Waals surface area contributed by atoms with Crippen LogP contribution in [0.2, 0.25) is 0 Å². The Morgan fingerprint density at radius 1 is 1.62 bits per heavy atom. The molecule has 1 saturated heterocycles. The van der Waals surface area contributed by atoms with E-state index in [1.807, 2.05) is 0 Å². The minimum Gasteiger partial charge on any atom is -0.375 e. The molecule has 3 heteroatoms. The molecule has 1 rings (SSSR count). The molecule has 0 bridgehead atoms. The van der Waals surface area contributed by atoms with Gasteiger partial charge in [0.05, 0.1) is 13.2 Å². The summed E-state index contributed by atoms with van der Waals surface area (Å²) in [6.07, 6.45) is 0. The largest absolute Gasteiger partial charge is 0.375 e. The van der Waals surface area contributed by atoms with E-state index in [-0.39, 0.29) is 7.43 Å². The molecule has 8 heavy (non-hydrogen) atoms. The summed E-state index contributed by atoms with van der Waals surface area (Å²) in [5.74, 6) is 0. The molecule has 1 aliphatic heterocycles. The van der Waals surface area contributed by atoms with Crippen LogP contribution >= 0.6 is 12.2 Å². The van der Waals surface area contributed by atoms with Crippen LogP contribution in [0.25, 0.3) is 0 Å². The molecule has 1 heterocycles. The van der Waals surface area contributed by atoms with Crippen molar-refractivity contribution in [3.05, 3.63) is 0 Å². The van der Waals surface area contributed by atoms with Crippen molar-refractivity contribution in [2.24, 2.45) is 0 Å². The zero-order valence-electron chi connectivity index (χ0n) is 3.94. The number of thiocarbonyl (C=S) groups is 1. The van der Waals surface area contributed by atoms with Crippen molar-refractivity contribution < 1.29 is 4.74 Å². The highest BCUT2D eigenvalue weighted by molar-refractivity contribution is 7.80. The Morgan fingerprint density at radius 2 is 2.38 bits per heavy atom. The molecule has 0 aromatic heterocycles. The standard InChI is InChI=1S/C4H7NOS.CH4/c7-4-3-6-2-1-5-4;/h1-3H2,(H,5,7);1H4. The highest BCUT2D eigenvalue weighted by atomic mass is 32.1. The van der Waals surface area contributed by atoms with E-state index in [0.29, 0.717) is 6.61 Å². The number of ether oxygens (including phenoxy) is 1. The van der Waals surface area contributed by atoms with Gasteiger partial charge in [-0.2, -0.15) is 0 Å². The molecule has 0 amide bonds. The Hall–Kier alpha value is -0.150. The monoisotopic (exact) mass is 133 g/mol. The van der Waals surface area contributed by atoms with Gasteiger partial charge in [0.25, 0.3) is 0 Å². The number of hydrogen-bond donors (Lipinski definition) is 1. The summed E-state index contributed by atoms with van der Waals surface area (Å²) in [5, 5.41) is 2.99. The Kier molecular flexibility index (Phi) is 3.73. The second-order valence-electron chi connectivity index (χ2n) is 1.40. The third-order valence-electron chi connectivity index (χ3n) is 0.802. The average Bonchev–Trinajstić information content (AvgIpc) is 1.69. The van der Waals surface area contributed by atoms with E-state index in [0.717, 1.165) is 18.1 Å². The van der Waals surface area contributed by atoms with E-state index in [4.69, 9.17) is 17.0 Å². The maximum Gasteiger partial charge on any atom is 0.102 e. The minimum atomic E-state index is 0. The maximum atomic E-state index is 4.98. The quantitative estimate of drug-likeness (QED) is 0.488. The Labute approximate surface area is 55.2 Å². The first-order valence-corrected chi connectivity index (χ1v) is 2.65. The lowest BCUT2D eigenvalue weighted by molar-refractivity contribution is 0.161. The smallest absolute Gasteiger partial charge is 0.102 e. The van der Waals surface area contributed by atoms with Crippen LogP contribution in [0.15, 0.2) is 0 Å². The molecule has 0 radical (unpaired) electrons.